The molecule has 144 valence electrons. The van der Waals surface area contributed by atoms with Crippen LogP contribution in [0.4, 0.5) is 4.39 Å². The smallest absolute Gasteiger partial charge is 0.254 e. The summed E-state index contributed by atoms with van der Waals surface area (Å²) in [6.07, 6.45) is 0.926. The van der Waals surface area contributed by atoms with Crippen LogP contribution in [0.3, 0.4) is 0 Å². The van der Waals surface area contributed by atoms with Crippen molar-refractivity contribution in [2.24, 2.45) is 0 Å². The summed E-state index contributed by atoms with van der Waals surface area (Å²) in [5.41, 5.74) is 3.54. The van der Waals surface area contributed by atoms with Gasteiger partial charge in [0.25, 0.3) is 5.91 Å². The van der Waals surface area contributed by atoms with Crippen LogP contribution in [-0.2, 0) is 6.54 Å². The van der Waals surface area contributed by atoms with E-state index in [1.807, 2.05) is 54.3 Å². The van der Waals surface area contributed by atoms with Crippen molar-refractivity contribution in [3.05, 3.63) is 77.2 Å². The number of carbonyl (C=O) groups excluding carboxylic acids is 1. The first-order valence-corrected chi connectivity index (χ1v) is 9.72. The van der Waals surface area contributed by atoms with Crippen LogP contribution in [0.1, 0.15) is 28.0 Å². The Labute approximate surface area is 164 Å². The molecule has 5 heteroatoms. The Bertz CT molecular complexity index is 987. The molecule has 3 aromatic rings. The van der Waals surface area contributed by atoms with Gasteiger partial charge in [0.2, 0.25) is 0 Å². The van der Waals surface area contributed by atoms with E-state index in [1.54, 1.807) is 0 Å². The summed E-state index contributed by atoms with van der Waals surface area (Å²) in [6.45, 7) is 5.88. The van der Waals surface area contributed by atoms with Gasteiger partial charge in [-0.25, -0.2) is 4.39 Å². The van der Waals surface area contributed by atoms with Crippen LogP contribution in [0.2, 0.25) is 0 Å². The van der Waals surface area contributed by atoms with E-state index in [1.165, 1.54) is 12.1 Å². The number of benzene rings is 2. The van der Waals surface area contributed by atoms with Gasteiger partial charge in [0.1, 0.15) is 5.82 Å². The average Bonchev–Trinajstić information content (AvgIpc) is 2.94. The minimum atomic E-state index is -0.212. The van der Waals surface area contributed by atoms with Crippen molar-refractivity contribution in [1.29, 1.82) is 0 Å². The monoisotopic (exact) mass is 377 g/mol. The zero-order chi connectivity index (χ0) is 19.5. The predicted octanol–water partition coefficient (Wildman–Crippen LogP) is 4.03. The van der Waals surface area contributed by atoms with Crippen LogP contribution in [0.25, 0.3) is 10.9 Å². The maximum absolute atomic E-state index is 13.3. The molecular formula is C23H24FN3O. The van der Waals surface area contributed by atoms with Gasteiger partial charge in [-0.2, -0.15) is 0 Å². The van der Waals surface area contributed by atoms with Crippen molar-refractivity contribution in [1.82, 2.24) is 14.8 Å². The number of aromatic nitrogens is 1. The lowest BCUT2D eigenvalue weighted by atomic mass is 10.1. The third-order valence-corrected chi connectivity index (χ3v) is 5.27. The summed E-state index contributed by atoms with van der Waals surface area (Å²) >= 11 is 0. The highest BCUT2D eigenvalue weighted by Gasteiger charge is 2.22. The van der Waals surface area contributed by atoms with Gasteiger partial charge in [-0.1, -0.05) is 30.3 Å². The number of nitrogens with zero attached hydrogens (tertiary/aromatic N) is 3. The van der Waals surface area contributed by atoms with Crippen LogP contribution in [0.5, 0.6) is 0 Å². The number of halogens is 1. The van der Waals surface area contributed by atoms with Crippen molar-refractivity contribution < 1.29 is 9.18 Å². The number of carbonyl (C=O) groups is 1. The van der Waals surface area contributed by atoms with Crippen molar-refractivity contribution >= 4 is 16.8 Å². The van der Waals surface area contributed by atoms with E-state index < -0.39 is 0 Å². The number of para-hydroxylation sites is 1. The van der Waals surface area contributed by atoms with Gasteiger partial charge in [0, 0.05) is 43.8 Å². The maximum atomic E-state index is 13.3. The molecule has 0 radical (unpaired) electrons. The zero-order valence-electron chi connectivity index (χ0n) is 16.1. The molecule has 1 fully saturated rings. The van der Waals surface area contributed by atoms with E-state index in [0.29, 0.717) is 6.54 Å². The van der Waals surface area contributed by atoms with E-state index in [2.05, 4.69) is 9.88 Å². The van der Waals surface area contributed by atoms with Crippen molar-refractivity contribution in [3.63, 3.8) is 0 Å². The third-order valence-electron chi connectivity index (χ3n) is 5.27. The van der Waals surface area contributed by atoms with Gasteiger partial charge < -0.3 is 4.90 Å². The van der Waals surface area contributed by atoms with Gasteiger partial charge in [-0.3, -0.25) is 14.7 Å². The van der Waals surface area contributed by atoms with Crippen molar-refractivity contribution in [3.8, 4) is 0 Å². The lowest BCUT2D eigenvalue weighted by molar-refractivity contribution is 0.0763. The Balaban J connectivity index is 1.48. The molecule has 1 amide bonds. The fourth-order valence-corrected chi connectivity index (χ4v) is 3.84. The third kappa shape index (κ3) is 4.04. The predicted molar refractivity (Wildman–Crippen MR) is 109 cm³/mol. The molecule has 1 aliphatic heterocycles. The van der Waals surface area contributed by atoms with Gasteiger partial charge in [-0.15, -0.1) is 0 Å². The van der Waals surface area contributed by atoms with Crippen LogP contribution in [0, 0.1) is 12.7 Å². The van der Waals surface area contributed by atoms with Crippen LogP contribution in [0.15, 0.2) is 54.6 Å². The van der Waals surface area contributed by atoms with Gasteiger partial charge in [0.05, 0.1) is 11.1 Å². The lowest BCUT2D eigenvalue weighted by Crippen LogP contribution is -2.35. The Kier molecular flexibility index (Phi) is 5.35. The average molecular weight is 377 g/mol. The second-order valence-electron chi connectivity index (χ2n) is 7.38. The highest BCUT2D eigenvalue weighted by Crippen LogP contribution is 2.21. The molecule has 4 nitrogen and oxygen atoms in total. The number of pyridine rings is 1. The number of hydrogen-bond acceptors (Lipinski definition) is 3. The van der Waals surface area contributed by atoms with Gasteiger partial charge >= 0.3 is 0 Å². The highest BCUT2D eigenvalue weighted by atomic mass is 19.1. The minimum Gasteiger partial charge on any atom is -0.337 e. The SMILES string of the molecule is Cc1cc(C(=O)N2CCCN(Cc3ccc(F)cc3)CC2)c2ccccc2n1. The van der Waals surface area contributed by atoms with E-state index in [4.69, 9.17) is 0 Å². The molecule has 0 aliphatic carbocycles. The van der Waals surface area contributed by atoms with E-state index >= 15 is 0 Å². The molecule has 0 atom stereocenters. The quantitative estimate of drug-likeness (QED) is 0.691. The number of hydrogen-bond donors (Lipinski definition) is 0. The molecule has 0 saturated carbocycles. The molecule has 0 bridgehead atoms. The molecule has 1 aliphatic rings. The summed E-state index contributed by atoms with van der Waals surface area (Å²) in [6, 6.07) is 16.4. The summed E-state index contributed by atoms with van der Waals surface area (Å²) in [7, 11) is 0. The fraction of sp³-hybridized carbons (Fsp3) is 0.304. The lowest BCUT2D eigenvalue weighted by Gasteiger charge is -2.23. The molecule has 0 unspecified atom stereocenters. The second kappa shape index (κ2) is 8.07. The fourth-order valence-electron chi connectivity index (χ4n) is 3.84. The van der Waals surface area contributed by atoms with Gasteiger partial charge in [0.15, 0.2) is 0 Å². The molecule has 0 spiro atoms. The normalized spacial score (nSPS) is 15.6. The van der Waals surface area contributed by atoms with Crippen molar-refractivity contribution in [2.45, 2.75) is 19.9 Å². The van der Waals surface area contributed by atoms with Crippen molar-refractivity contribution in [2.75, 3.05) is 26.2 Å². The van der Waals surface area contributed by atoms with Gasteiger partial charge in [-0.05, 0) is 43.2 Å². The summed E-state index contributed by atoms with van der Waals surface area (Å²) in [5, 5.41) is 0.908. The minimum absolute atomic E-state index is 0.0744. The molecule has 2 aromatic carbocycles. The first kappa shape index (κ1) is 18.6. The summed E-state index contributed by atoms with van der Waals surface area (Å²) in [4.78, 5) is 22.1. The zero-order valence-corrected chi connectivity index (χ0v) is 16.1. The molecule has 2 heterocycles. The Morgan fingerprint density at radius 3 is 2.64 bits per heavy atom. The van der Waals surface area contributed by atoms with Crippen LogP contribution < -0.4 is 0 Å². The molecular weight excluding hydrogens is 353 g/mol. The van der Waals surface area contributed by atoms with E-state index in [-0.39, 0.29) is 11.7 Å². The largest absolute Gasteiger partial charge is 0.337 e. The van der Waals surface area contributed by atoms with Crippen LogP contribution >= 0.6 is 0 Å². The molecule has 28 heavy (non-hydrogen) atoms. The Morgan fingerprint density at radius 1 is 1.04 bits per heavy atom. The first-order valence-electron chi connectivity index (χ1n) is 9.72. The Hall–Kier alpha value is -2.79. The summed E-state index contributed by atoms with van der Waals surface area (Å²) in [5.74, 6) is -0.137. The highest BCUT2D eigenvalue weighted by molar-refractivity contribution is 6.06. The molecule has 1 saturated heterocycles. The molecule has 4 rings (SSSR count). The number of aryl methyl sites for hydroxylation is 1. The number of fused-ring (bicyclic) bond motifs is 1. The standard InChI is InChI=1S/C23H24FN3O/c1-17-15-21(20-5-2-3-6-22(20)25-17)23(28)27-12-4-11-26(13-14-27)16-18-7-9-19(24)10-8-18/h2-3,5-10,15H,4,11-14,16H2,1H3. The Morgan fingerprint density at radius 2 is 1.82 bits per heavy atom. The first-order chi connectivity index (χ1) is 13.6. The topological polar surface area (TPSA) is 36.4 Å². The van der Waals surface area contributed by atoms with E-state index in [0.717, 1.165) is 60.3 Å². The molecule has 1 aromatic heterocycles. The number of amides is 1. The van der Waals surface area contributed by atoms with Crippen LogP contribution in [-0.4, -0.2) is 46.9 Å². The number of rotatable bonds is 3. The second-order valence-corrected chi connectivity index (χ2v) is 7.38. The maximum Gasteiger partial charge on any atom is 0.254 e. The summed E-state index contributed by atoms with van der Waals surface area (Å²) < 4.78 is 13.1. The van der Waals surface area contributed by atoms with E-state index in [9.17, 15) is 9.18 Å². The molecule has 0 N–H and O–H groups in total.